The van der Waals surface area contributed by atoms with Crippen LogP contribution in [0, 0.1) is 11.3 Å². The van der Waals surface area contributed by atoms with Crippen molar-refractivity contribution >= 4 is 5.95 Å². The lowest BCUT2D eigenvalue weighted by Gasteiger charge is -2.20. The Morgan fingerprint density at radius 2 is 2.56 bits per heavy atom. The smallest absolute Gasteiger partial charge is 0.226 e. The van der Waals surface area contributed by atoms with Gasteiger partial charge in [-0.2, -0.15) is 5.26 Å². The van der Waals surface area contributed by atoms with Crippen LogP contribution < -0.4 is 4.90 Å². The molecule has 0 aromatic carbocycles. The van der Waals surface area contributed by atoms with E-state index in [1.807, 2.05) is 18.0 Å². The van der Waals surface area contributed by atoms with Crippen molar-refractivity contribution in [3.05, 3.63) is 18.0 Å². The molecule has 2 rings (SSSR count). The Labute approximate surface area is 94.7 Å². The van der Waals surface area contributed by atoms with Gasteiger partial charge in [-0.1, -0.05) is 0 Å². The number of hydrogen-bond acceptors (Lipinski definition) is 5. The molecule has 0 spiro atoms. The Morgan fingerprint density at radius 1 is 1.69 bits per heavy atom. The third-order valence-electron chi connectivity index (χ3n) is 2.60. The molecule has 1 fully saturated rings. The van der Waals surface area contributed by atoms with Crippen molar-refractivity contribution < 1.29 is 4.74 Å². The number of likely N-dealkylation sites (N-methyl/N-ethyl adjacent to an activating group) is 1. The number of rotatable bonds is 3. The molecule has 1 unspecified atom stereocenters. The van der Waals surface area contributed by atoms with Gasteiger partial charge in [0.2, 0.25) is 5.95 Å². The van der Waals surface area contributed by atoms with E-state index in [0.717, 1.165) is 26.0 Å². The van der Waals surface area contributed by atoms with Crippen LogP contribution in [0.1, 0.15) is 18.5 Å². The standard InChI is InChI=1S/C11H14N4O/c1-15(8-10-3-2-6-16-10)11-13-5-4-9(7-12)14-11/h4-5,10H,2-3,6,8H2,1H3. The summed E-state index contributed by atoms with van der Waals surface area (Å²) in [6.45, 7) is 1.62. The monoisotopic (exact) mass is 218 g/mol. The van der Waals surface area contributed by atoms with Crippen LogP contribution in [0.4, 0.5) is 5.95 Å². The maximum atomic E-state index is 8.74. The Kier molecular flexibility index (Phi) is 3.32. The van der Waals surface area contributed by atoms with E-state index in [2.05, 4.69) is 9.97 Å². The molecule has 1 aliphatic rings. The summed E-state index contributed by atoms with van der Waals surface area (Å²) in [6, 6.07) is 3.61. The van der Waals surface area contributed by atoms with E-state index in [1.54, 1.807) is 12.3 Å². The summed E-state index contributed by atoms with van der Waals surface area (Å²) < 4.78 is 5.54. The van der Waals surface area contributed by atoms with Crippen molar-refractivity contribution in [3.63, 3.8) is 0 Å². The first-order chi connectivity index (χ1) is 7.79. The first-order valence-corrected chi connectivity index (χ1v) is 5.35. The SMILES string of the molecule is CN(CC1CCCO1)c1nccc(C#N)n1. The molecule has 84 valence electrons. The van der Waals surface area contributed by atoms with Crippen LogP contribution in [0.5, 0.6) is 0 Å². The van der Waals surface area contributed by atoms with Gasteiger partial charge >= 0.3 is 0 Å². The van der Waals surface area contributed by atoms with Gasteiger partial charge in [-0.3, -0.25) is 0 Å². The van der Waals surface area contributed by atoms with Gasteiger partial charge in [-0.25, -0.2) is 9.97 Å². The van der Waals surface area contributed by atoms with Crippen molar-refractivity contribution in [1.29, 1.82) is 5.26 Å². The molecular weight excluding hydrogens is 204 g/mol. The largest absolute Gasteiger partial charge is 0.376 e. The second-order valence-electron chi connectivity index (χ2n) is 3.87. The van der Waals surface area contributed by atoms with Gasteiger partial charge in [0.25, 0.3) is 0 Å². The number of aromatic nitrogens is 2. The van der Waals surface area contributed by atoms with Crippen molar-refractivity contribution in [2.45, 2.75) is 18.9 Å². The van der Waals surface area contributed by atoms with Crippen LogP contribution in [0.2, 0.25) is 0 Å². The number of ether oxygens (including phenoxy) is 1. The molecule has 0 saturated carbocycles. The van der Waals surface area contributed by atoms with Crippen LogP contribution in [0.25, 0.3) is 0 Å². The van der Waals surface area contributed by atoms with Crippen molar-refractivity contribution in [1.82, 2.24) is 9.97 Å². The summed E-state index contributed by atoms with van der Waals surface area (Å²) in [5.41, 5.74) is 0.393. The third-order valence-corrected chi connectivity index (χ3v) is 2.60. The summed E-state index contributed by atoms with van der Waals surface area (Å²) in [6.07, 6.45) is 4.08. The molecule has 1 saturated heterocycles. The maximum Gasteiger partial charge on any atom is 0.226 e. The summed E-state index contributed by atoms with van der Waals surface area (Å²) in [4.78, 5) is 10.2. The molecule has 0 bridgehead atoms. The number of hydrogen-bond donors (Lipinski definition) is 0. The zero-order valence-electron chi connectivity index (χ0n) is 9.26. The Morgan fingerprint density at radius 3 is 3.25 bits per heavy atom. The summed E-state index contributed by atoms with van der Waals surface area (Å²) in [5, 5.41) is 8.74. The fraction of sp³-hybridized carbons (Fsp3) is 0.545. The highest BCUT2D eigenvalue weighted by Gasteiger charge is 2.18. The van der Waals surface area contributed by atoms with Crippen LogP contribution in [-0.4, -0.2) is 36.3 Å². The summed E-state index contributed by atoms with van der Waals surface area (Å²) in [7, 11) is 1.91. The van der Waals surface area contributed by atoms with Gasteiger partial charge in [0.1, 0.15) is 11.8 Å². The number of nitriles is 1. The lowest BCUT2D eigenvalue weighted by Crippen LogP contribution is -2.29. The Bertz CT molecular complexity index is 395. The van der Waals surface area contributed by atoms with E-state index in [0.29, 0.717) is 11.6 Å². The quantitative estimate of drug-likeness (QED) is 0.756. The predicted octanol–water partition coefficient (Wildman–Crippen LogP) is 0.963. The fourth-order valence-corrected chi connectivity index (χ4v) is 1.77. The molecule has 0 N–H and O–H groups in total. The molecule has 5 nitrogen and oxygen atoms in total. The predicted molar refractivity (Wildman–Crippen MR) is 59.0 cm³/mol. The minimum absolute atomic E-state index is 0.263. The van der Waals surface area contributed by atoms with E-state index < -0.39 is 0 Å². The fourth-order valence-electron chi connectivity index (χ4n) is 1.77. The second-order valence-corrected chi connectivity index (χ2v) is 3.87. The Hall–Kier alpha value is -1.67. The maximum absolute atomic E-state index is 8.74. The van der Waals surface area contributed by atoms with Gasteiger partial charge in [-0.05, 0) is 18.9 Å². The van der Waals surface area contributed by atoms with Gasteiger partial charge in [0.15, 0.2) is 0 Å². The highest BCUT2D eigenvalue weighted by molar-refractivity contribution is 5.32. The normalized spacial score (nSPS) is 19.4. The molecule has 0 amide bonds. The molecular formula is C11H14N4O. The zero-order chi connectivity index (χ0) is 11.4. The van der Waals surface area contributed by atoms with Gasteiger partial charge < -0.3 is 9.64 Å². The average Bonchev–Trinajstić information content (AvgIpc) is 2.82. The zero-order valence-corrected chi connectivity index (χ0v) is 9.26. The highest BCUT2D eigenvalue weighted by Crippen LogP contribution is 2.15. The van der Waals surface area contributed by atoms with E-state index in [4.69, 9.17) is 10.00 Å². The number of anilines is 1. The second kappa shape index (κ2) is 4.90. The first kappa shape index (κ1) is 10.8. The molecule has 5 heteroatoms. The van der Waals surface area contributed by atoms with Crippen LogP contribution in [0.3, 0.4) is 0 Å². The molecule has 0 aliphatic carbocycles. The topological polar surface area (TPSA) is 62.0 Å². The molecule has 2 heterocycles. The van der Waals surface area contributed by atoms with Crippen molar-refractivity contribution in [2.24, 2.45) is 0 Å². The van der Waals surface area contributed by atoms with E-state index >= 15 is 0 Å². The van der Waals surface area contributed by atoms with Crippen molar-refractivity contribution in [3.8, 4) is 6.07 Å². The van der Waals surface area contributed by atoms with E-state index in [9.17, 15) is 0 Å². The first-order valence-electron chi connectivity index (χ1n) is 5.35. The van der Waals surface area contributed by atoms with E-state index in [-0.39, 0.29) is 6.10 Å². The average molecular weight is 218 g/mol. The summed E-state index contributed by atoms with van der Waals surface area (Å²) in [5.74, 6) is 0.578. The van der Waals surface area contributed by atoms with Gasteiger partial charge in [0, 0.05) is 26.4 Å². The van der Waals surface area contributed by atoms with Gasteiger partial charge in [-0.15, -0.1) is 0 Å². The molecule has 0 radical (unpaired) electrons. The highest BCUT2D eigenvalue weighted by atomic mass is 16.5. The Balaban J connectivity index is 2.02. The van der Waals surface area contributed by atoms with Crippen LogP contribution in [-0.2, 0) is 4.74 Å². The molecule has 16 heavy (non-hydrogen) atoms. The van der Waals surface area contributed by atoms with Crippen molar-refractivity contribution in [2.75, 3.05) is 25.1 Å². The minimum Gasteiger partial charge on any atom is -0.376 e. The molecule has 1 atom stereocenters. The molecule has 1 aromatic heterocycles. The lowest BCUT2D eigenvalue weighted by atomic mass is 10.2. The van der Waals surface area contributed by atoms with Crippen LogP contribution >= 0.6 is 0 Å². The van der Waals surface area contributed by atoms with E-state index in [1.165, 1.54) is 0 Å². The lowest BCUT2D eigenvalue weighted by molar-refractivity contribution is 0.116. The third kappa shape index (κ3) is 2.47. The molecule has 1 aliphatic heterocycles. The summed E-state index contributed by atoms with van der Waals surface area (Å²) >= 11 is 0. The van der Waals surface area contributed by atoms with Crippen LogP contribution in [0.15, 0.2) is 12.3 Å². The minimum atomic E-state index is 0.263. The molecule has 1 aromatic rings. The number of nitrogens with zero attached hydrogens (tertiary/aromatic N) is 4. The van der Waals surface area contributed by atoms with Gasteiger partial charge in [0.05, 0.1) is 6.10 Å².